The van der Waals surface area contributed by atoms with Gasteiger partial charge in [-0.1, -0.05) is 25.1 Å². The number of thioether (sulfide) groups is 1. The van der Waals surface area contributed by atoms with Gasteiger partial charge in [0.15, 0.2) is 0 Å². The molecule has 16 heavy (non-hydrogen) atoms. The van der Waals surface area contributed by atoms with Gasteiger partial charge in [-0.25, -0.2) is 0 Å². The van der Waals surface area contributed by atoms with Gasteiger partial charge in [0.25, 0.3) is 0 Å². The van der Waals surface area contributed by atoms with Crippen molar-refractivity contribution in [1.82, 2.24) is 5.32 Å². The van der Waals surface area contributed by atoms with Crippen molar-refractivity contribution in [1.29, 1.82) is 0 Å². The van der Waals surface area contributed by atoms with Crippen LogP contribution >= 0.6 is 11.8 Å². The second kappa shape index (κ2) is 7.53. The van der Waals surface area contributed by atoms with E-state index in [1.165, 1.54) is 10.5 Å². The Bertz CT molecular complexity index is 305. The Morgan fingerprint density at radius 2 is 2.06 bits per heavy atom. The number of nitrogens with one attached hydrogen (secondary N) is 1. The van der Waals surface area contributed by atoms with E-state index in [-0.39, 0.29) is 0 Å². The van der Waals surface area contributed by atoms with E-state index in [0.29, 0.717) is 6.04 Å². The third kappa shape index (κ3) is 4.03. The molecule has 0 saturated heterocycles. The first kappa shape index (κ1) is 13.3. The lowest BCUT2D eigenvalue weighted by Crippen LogP contribution is -2.21. The average molecular weight is 235 g/mol. The topological polar surface area (TPSA) is 12.0 Å². The number of hydrogen-bond acceptors (Lipinski definition) is 2. The van der Waals surface area contributed by atoms with Gasteiger partial charge in [-0.05, 0) is 43.3 Å². The van der Waals surface area contributed by atoms with Crippen molar-refractivity contribution in [3.8, 4) is 0 Å². The summed E-state index contributed by atoms with van der Waals surface area (Å²) in [7, 11) is 0. The molecule has 0 aliphatic carbocycles. The van der Waals surface area contributed by atoms with Crippen molar-refractivity contribution in [2.24, 2.45) is 0 Å². The second-order valence-corrected chi connectivity index (χ2v) is 4.68. The third-order valence-electron chi connectivity index (χ3n) is 2.56. The zero-order chi connectivity index (χ0) is 11.8. The van der Waals surface area contributed by atoms with E-state index >= 15 is 0 Å². The monoisotopic (exact) mass is 235 g/mol. The standard InChI is InChI=1S/C14H21NS/c1-4-6-14(15-11-5-2)12-7-9-13(16-3)10-8-12/h4,7-10,14-15H,1,5-6,11H2,2-3H3. The minimum absolute atomic E-state index is 0.411. The largest absolute Gasteiger partial charge is 0.310 e. The molecule has 0 bridgehead atoms. The molecular weight excluding hydrogens is 214 g/mol. The van der Waals surface area contributed by atoms with Gasteiger partial charge >= 0.3 is 0 Å². The summed E-state index contributed by atoms with van der Waals surface area (Å²) in [6, 6.07) is 9.20. The molecule has 2 heteroatoms. The number of hydrogen-bond donors (Lipinski definition) is 1. The normalized spacial score (nSPS) is 12.4. The van der Waals surface area contributed by atoms with E-state index in [4.69, 9.17) is 0 Å². The Kier molecular flexibility index (Phi) is 6.27. The summed E-state index contributed by atoms with van der Waals surface area (Å²) in [6.45, 7) is 7.07. The highest BCUT2D eigenvalue weighted by molar-refractivity contribution is 7.98. The average Bonchev–Trinajstić information content (AvgIpc) is 2.35. The van der Waals surface area contributed by atoms with Gasteiger partial charge in [0.05, 0.1) is 0 Å². The molecule has 1 unspecified atom stereocenters. The molecule has 0 amide bonds. The molecule has 88 valence electrons. The van der Waals surface area contributed by atoms with Crippen molar-refractivity contribution < 1.29 is 0 Å². The molecule has 1 N–H and O–H groups in total. The fourth-order valence-corrected chi connectivity index (χ4v) is 2.07. The maximum atomic E-state index is 3.82. The van der Waals surface area contributed by atoms with Gasteiger partial charge < -0.3 is 5.32 Å². The molecule has 0 radical (unpaired) electrons. The van der Waals surface area contributed by atoms with Crippen LogP contribution in [0.5, 0.6) is 0 Å². The molecule has 0 heterocycles. The van der Waals surface area contributed by atoms with Crippen LogP contribution in [-0.4, -0.2) is 12.8 Å². The van der Waals surface area contributed by atoms with Crippen LogP contribution in [0.1, 0.15) is 31.4 Å². The van der Waals surface area contributed by atoms with Gasteiger partial charge in [0.1, 0.15) is 0 Å². The van der Waals surface area contributed by atoms with Gasteiger partial charge in [-0.2, -0.15) is 0 Å². The van der Waals surface area contributed by atoms with Gasteiger partial charge in [-0.3, -0.25) is 0 Å². The predicted molar refractivity (Wildman–Crippen MR) is 74.1 cm³/mol. The van der Waals surface area contributed by atoms with E-state index in [9.17, 15) is 0 Å². The lowest BCUT2D eigenvalue weighted by Gasteiger charge is -2.17. The lowest BCUT2D eigenvalue weighted by molar-refractivity contribution is 0.537. The van der Waals surface area contributed by atoms with Crippen LogP contribution in [0.3, 0.4) is 0 Å². The summed E-state index contributed by atoms with van der Waals surface area (Å²) < 4.78 is 0. The van der Waals surface area contributed by atoms with Crippen LogP contribution < -0.4 is 5.32 Å². The quantitative estimate of drug-likeness (QED) is 0.566. The summed E-state index contributed by atoms with van der Waals surface area (Å²) in [6.07, 6.45) is 6.23. The Labute approximate surface area is 103 Å². The zero-order valence-electron chi connectivity index (χ0n) is 10.2. The first-order valence-corrected chi connectivity index (χ1v) is 7.02. The Balaban J connectivity index is 2.70. The van der Waals surface area contributed by atoms with E-state index in [1.54, 1.807) is 11.8 Å². The maximum absolute atomic E-state index is 3.82. The summed E-state index contributed by atoms with van der Waals surface area (Å²) in [5, 5.41) is 3.55. The Morgan fingerprint density at radius 1 is 1.38 bits per heavy atom. The van der Waals surface area contributed by atoms with E-state index < -0.39 is 0 Å². The molecule has 1 atom stereocenters. The van der Waals surface area contributed by atoms with Crippen LogP contribution in [0.25, 0.3) is 0 Å². The van der Waals surface area contributed by atoms with Crippen molar-refractivity contribution in [2.45, 2.75) is 30.7 Å². The number of benzene rings is 1. The minimum atomic E-state index is 0.411. The lowest BCUT2D eigenvalue weighted by atomic mass is 10.0. The van der Waals surface area contributed by atoms with Crippen molar-refractivity contribution in [2.75, 3.05) is 12.8 Å². The second-order valence-electron chi connectivity index (χ2n) is 3.80. The Morgan fingerprint density at radius 3 is 2.56 bits per heavy atom. The summed E-state index contributed by atoms with van der Waals surface area (Å²) >= 11 is 1.78. The molecule has 0 aliphatic rings. The molecule has 0 saturated carbocycles. The van der Waals surface area contributed by atoms with Crippen LogP contribution in [0.2, 0.25) is 0 Å². The SMILES string of the molecule is C=CCC(NCCC)c1ccc(SC)cc1. The van der Waals surface area contributed by atoms with Crippen LogP contribution in [0, 0.1) is 0 Å². The van der Waals surface area contributed by atoms with Crippen molar-refractivity contribution in [3.05, 3.63) is 42.5 Å². The molecule has 0 fully saturated rings. The van der Waals surface area contributed by atoms with Gasteiger partial charge in [-0.15, -0.1) is 18.3 Å². The molecule has 0 aliphatic heterocycles. The van der Waals surface area contributed by atoms with Gasteiger partial charge in [0.2, 0.25) is 0 Å². The zero-order valence-corrected chi connectivity index (χ0v) is 11.0. The predicted octanol–water partition coefficient (Wildman–Crippen LogP) is 4.03. The van der Waals surface area contributed by atoms with Crippen LogP contribution in [-0.2, 0) is 0 Å². The molecule has 1 aromatic rings. The smallest absolute Gasteiger partial charge is 0.0354 e. The molecular formula is C14H21NS. The van der Waals surface area contributed by atoms with Crippen LogP contribution in [0.15, 0.2) is 41.8 Å². The summed E-state index contributed by atoms with van der Waals surface area (Å²) in [5.41, 5.74) is 1.35. The number of rotatable bonds is 7. The third-order valence-corrected chi connectivity index (χ3v) is 3.30. The van der Waals surface area contributed by atoms with Crippen molar-refractivity contribution >= 4 is 11.8 Å². The maximum Gasteiger partial charge on any atom is 0.0354 e. The van der Waals surface area contributed by atoms with Crippen LogP contribution in [0.4, 0.5) is 0 Å². The fourth-order valence-electron chi connectivity index (χ4n) is 1.66. The summed E-state index contributed by atoms with van der Waals surface area (Å²) in [5.74, 6) is 0. The van der Waals surface area contributed by atoms with E-state index in [1.807, 2.05) is 6.08 Å². The fraction of sp³-hybridized carbons (Fsp3) is 0.429. The molecule has 1 rings (SSSR count). The van der Waals surface area contributed by atoms with E-state index in [0.717, 1.165) is 19.4 Å². The van der Waals surface area contributed by atoms with Crippen molar-refractivity contribution in [3.63, 3.8) is 0 Å². The molecule has 0 spiro atoms. The molecule has 1 nitrogen and oxygen atoms in total. The van der Waals surface area contributed by atoms with E-state index in [2.05, 4.69) is 49.3 Å². The summed E-state index contributed by atoms with van der Waals surface area (Å²) in [4.78, 5) is 1.32. The minimum Gasteiger partial charge on any atom is -0.310 e. The van der Waals surface area contributed by atoms with Gasteiger partial charge in [0, 0.05) is 10.9 Å². The highest BCUT2D eigenvalue weighted by Gasteiger charge is 2.07. The Hall–Kier alpha value is -0.730. The molecule has 1 aromatic carbocycles. The molecule has 0 aromatic heterocycles. The highest BCUT2D eigenvalue weighted by atomic mass is 32.2. The first-order chi connectivity index (χ1) is 7.81. The first-order valence-electron chi connectivity index (χ1n) is 5.80. The highest BCUT2D eigenvalue weighted by Crippen LogP contribution is 2.21.